The predicted octanol–water partition coefficient (Wildman–Crippen LogP) is 5.12. The van der Waals surface area contributed by atoms with Crippen LogP contribution in [0.1, 0.15) is 5.56 Å². The van der Waals surface area contributed by atoms with Gasteiger partial charge in [-0.05, 0) is 48.9 Å². The van der Waals surface area contributed by atoms with Gasteiger partial charge >= 0.3 is 0 Å². The number of amides is 1. The molecule has 0 aromatic heterocycles. The summed E-state index contributed by atoms with van der Waals surface area (Å²) in [4.78, 5) is 12.9. The number of carbonyl (C=O) groups is 1. The smallest absolute Gasteiger partial charge is 0.265 e. The van der Waals surface area contributed by atoms with E-state index in [4.69, 9.17) is 23.2 Å². The van der Waals surface area contributed by atoms with E-state index in [2.05, 4.69) is 5.32 Å². The molecule has 0 aliphatic carbocycles. The molecule has 0 bridgehead atoms. The third-order valence-electron chi connectivity index (χ3n) is 4.80. The molecule has 0 saturated heterocycles. The van der Waals surface area contributed by atoms with Gasteiger partial charge in [-0.1, -0.05) is 47.5 Å². The van der Waals surface area contributed by atoms with E-state index < -0.39 is 15.9 Å². The summed E-state index contributed by atoms with van der Waals surface area (Å²) in [6.07, 6.45) is 0. The van der Waals surface area contributed by atoms with Crippen molar-refractivity contribution < 1.29 is 13.2 Å². The van der Waals surface area contributed by atoms with E-state index in [0.29, 0.717) is 38.1 Å². The van der Waals surface area contributed by atoms with Crippen molar-refractivity contribution in [3.8, 4) is 11.1 Å². The molecule has 5 nitrogen and oxygen atoms in total. The third kappa shape index (κ3) is 3.48. The van der Waals surface area contributed by atoms with Crippen molar-refractivity contribution in [2.24, 2.45) is 0 Å². The first-order valence-electron chi connectivity index (χ1n) is 8.75. The first kappa shape index (κ1) is 19.8. The lowest BCUT2D eigenvalue weighted by atomic mass is 10.0. The fraction of sp³-hybridized carbons (Fsp3) is 0.0952. The average molecular weight is 447 g/mol. The van der Waals surface area contributed by atoms with Gasteiger partial charge in [0.2, 0.25) is 5.91 Å². The van der Waals surface area contributed by atoms with Crippen molar-refractivity contribution >= 4 is 50.5 Å². The molecule has 0 spiro atoms. The fourth-order valence-electron chi connectivity index (χ4n) is 3.34. The van der Waals surface area contributed by atoms with Crippen LogP contribution in [0, 0.1) is 6.92 Å². The second kappa shape index (κ2) is 7.37. The van der Waals surface area contributed by atoms with Crippen molar-refractivity contribution in [3.05, 3.63) is 76.3 Å². The lowest BCUT2D eigenvalue weighted by molar-refractivity contribution is -0.114. The van der Waals surface area contributed by atoms with Gasteiger partial charge in [0.15, 0.2) is 0 Å². The Bertz CT molecular complexity index is 1240. The Kier molecular flexibility index (Phi) is 5.02. The topological polar surface area (TPSA) is 66.5 Å². The summed E-state index contributed by atoms with van der Waals surface area (Å²) in [5.74, 6) is -0.473. The van der Waals surface area contributed by atoms with Gasteiger partial charge < -0.3 is 5.32 Å². The van der Waals surface area contributed by atoms with Gasteiger partial charge in [-0.15, -0.1) is 0 Å². The van der Waals surface area contributed by atoms with Crippen LogP contribution in [-0.2, 0) is 14.8 Å². The molecule has 3 aromatic carbocycles. The van der Waals surface area contributed by atoms with E-state index in [1.807, 2.05) is 0 Å². The van der Waals surface area contributed by atoms with Crippen molar-refractivity contribution in [2.75, 3.05) is 16.2 Å². The second-order valence-corrected chi connectivity index (χ2v) is 9.30. The van der Waals surface area contributed by atoms with Crippen LogP contribution < -0.4 is 9.62 Å². The quantitative estimate of drug-likeness (QED) is 0.607. The second-order valence-electron chi connectivity index (χ2n) is 6.63. The maximum Gasteiger partial charge on any atom is 0.265 e. The zero-order valence-corrected chi connectivity index (χ0v) is 17.6. The Morgan fingerprint density at radius 2 is 1.76 bits per heavy atom. The molecule has 29 heavy (non-hydrogen) atoms. The molecule has 0 unspecified atom stereocenters. The van der Waals surface area contributed by atoms with Crippen molar-refractivity contribution in [1.82, 2.24) is 0 Å². The first-order valence-corrected chi connectivity index (χ1v) is 11.0. The summed E-state index contributed by atoms with van der Waals surface area (Å²) in [7, 11) is -3.91. The van der Waals surface area contributed by atoms with Crippen LogP contribution in [0.25, 0.3) is 11.1 Å². The van der Waals surface area contributed by atoms with Gasteiger partial charge in [0, 0.05) is 26.9 Å². The van der Waals surface area contributed by atoms with E-state index >= 15 is 0 Å². The molecule has 0 atom stereocenters. The Balaban J connectivity index is 1.74. The molecule has 1 N–H and O–H groups in total. The molecule has 1 aliphatic heterocycles. The number of fused-ring (bicyclic) bond motifs is 3. The number of anilines is 2. The molecule has 0 saturated carbocycles. The van der Waals surface area contributed by atoms with E-state index in [1.165, 1.54) is 6.07 Å². The fourth-order valence-corrected chi connectivity index (χ4v) is 5.33. The molecule has 0 fully saturated rings. The number of nitrogens with one attached hydrogen (secondary N) is 1. The lowest BCUT2D eigenvalue weighted by Gasteiger charge is -2.31. The van der Waals surface area contributed by atoms with Crippen molar-refractivity contribution in [3.63, 3.8) is 0 Å². The Labute approximate surface area is 178 Å². The average Bonchev–Trinajstić information content (AvgIpc) is 2.69. The van der Waals surface area contributed by atoms with Crippen LogP contribution >= 0.6 is 23.2 Å². The molecular formula is C21H16Cl2N2O3S. The zero-order valence-electron chi connectivity index (χ0n) is 15.3. The molecule has 1 amide bonds. The summed E-state index contributed by atoms with van der Waals surface area (Å²) < 4.78 is 27.6. The number of halogens is 2. The van der Waals surface area contributed by atoms with Crippen LogP contribution in [0.4, 0.5) is 11.4 Å². The molecule has 1 heterocycles. The minimum absolute atomic E-state index is 0.140. The van der Waals surface area contributed by atoms with Gasteiger partial charge in [-0.2, -0.15) is 0 Å². The highest BCUT2D eigenvalue weighted by molar-refractivity contribution is 7.93. The molecule has 8 heteroatoms. The Hall–Kier alpha value is -2.54. The highest BCUT2D eigenvalue weighted by Crippen LogP contribution is 2.43. The summed E-state index contributed by atoms with van der Waals surface area (Å²) in [6.45, 7) is 1.40. The Morgan fingerprint density at radius 1 is 1.00 bits per heavy atom. The monoisotopic (exact) mass is 446 g/mol. The minimum atomic E-state index is -3.91. The highest BCUT2D eigenvalue weighted by Gasteiger charge is 2.36. The molecule has 0 radical (unpaired) electrons. The van der Waals surface area contributed by atoms with Gasteiger partial charge in [0.1, 0.15) is 6.54 Å². The first-order chi connectivity index (χ1) is 13.8. The van der Waals surface area contributed by atoms with E-state index in [-0.39, 0.29) is 11.4 Å². The molecule has 1 aliphatic rings. The molecule has 148 valence electrons. The maximum atomic E-state index is 13.3. The normalized spacial score (nSPS) is 14.1. The number of hydrogen-bond acceptors (Lipinski definition) is 3. The zero-order chi connectivity index (χ0) is 20.8. The summed E-state index contributed by atoms with van der Waals surface area (Å²) >= 11 is 12.2. The number of nitrogens with zero attached hydrogens (tertiary/aromatic N) is 1. The largest absolute Gasteiger partial charge is 0.324 e. The van der Waals surface area contributed by atoms with E-state index in [0.717, 1.165) is 4.31 Å². The molecule has 3 aromatic rings. The number of sulfonamides is 1. The highest BCUT2D eigenvalue weighted by atomic mass is 35.5. The predicted molar refractivity (Wildman–Crippen MR) is 116 cm³/mol. The summed E-state index contributed by atoms with van der Waals surface area (Å²) in [6, 6.07) is 16.8. The van der Waals surface area contributed by atoms with Crippen LogP contribution in [0.3, 0.4) is 0 Å². The number of benzene rings is 3. The lowest BCUT2D eigenvalue weighted by Crippen LogP contribution is -2.40. The third-order valence-corrected chi connectivity index (χ3v) is 7.26. The van der Waals surface area contributed by atoms with Crippen LogP contribution in [-0.4, -0.2) is 20.9 Å². The molecule has 4 rings (SSSR count). The molecular weight excluding hydrogens is 431 g/mol. The Morgan fingerprint density at radius 3 is 2.55 bits per heavy atom. The number of hydrogen-bond donors (Lipinski definition) is 1. The van der Waals surface area contributed by atoms with E-state index in [1.54, 1.807) is 61.5 Å². The number of rotatable bonds is 3. The van der Waals surface area contributed by atoms with Gasteiger partial charge in [0.05, 0.1) is 10.6 Å². The number of carbonyl (C=O) groups excluding carboxylic acids is 1. The SMILES string of the molecule is Cc1c(Cl)cccc1NC(=O)CN1c2ccc(Cl)cc2-c2ccccc2S1(=O)=O. The van der Waals surface area contributed by atoms with Crippen molar-refractivity contribution in [1.29, 1.82) is 0 Å². The van der Waals surface area contributed by atoms with Gasteiger partial charge in [0.25, 0.3) is 10.0 Å². The summed E-state index contributed by atoms with van der Waals surface area (Å²) in [5, 5.41) is 3.75. The maximum absolute atomic E-state index is 13.3. The van der Waals surface area contributed by atoms with Crippen LogP contribution in [0.2, 0.25) is 10.0 Å². The van der Waals surface area contributed by atoms with Gasteiger partial charge in [-0.3, -0.25) is 9.10 Å². The van der Waals surface area contributed by atoms with Crippen molar-refractivity contribution in [2.45, 2.75) is 11.8 Å². The van der Waals surface area contributed by atoms with E-state index in [9.17, 15) is 13.2 Å². The van der Waals surface area contributed by atoms with Crippen LogP contribution in [0.15, 0.2) is 65.6 Å². The van der Waals surface area contributed by atoms with Gasteiger partial charge in [-0.25, -0.2) is 8.42 Å². The van der Waals surface area contributed by atoms with Crippen LogP contribution in [0.5, 0.6) is 0 Å². The minimum Gasteiger partial charge on any atom is -0.324 e. The summed E-state index contributed by atoms with van der Waals surface area (Å²) in [5.41, 5.74) is 2.88. The standard InChI is InChI=1S/C21H16Cl2N2O3S/c1-13-17(23)6-4-7-18(13)24-21(26)12-25-19-10-9-14(22)11-16(19)15-5-2-3-8-20(15)29(25,27)28/h2-11H,12H2,1H3,(H,24,26).